The van der Waals surface area contributed by atoms with Gasteiger partial charge in [0.15, 0.2) is 23.2 Å². The van der Waals surface area contributed by atoms with Gasteiger partial charge in [-0.15, -0.1) is 0 Å². The van der Waals surface area contributed by atoms with E-state index in [0.717, 1.165) is 0 Å². The number of aliphatic imine (C=N–C) groups is 1. The number of rotatable bonds is 20. The monoisotopic (exact) mass is 715 g/mol. The van der Waals surface area contributed by atoms with Gasteiger partial charge in [0.2, 0.25) is 6.54 Å². The molecule has 0 saturated carbocycles. The molecule has 0 aliphatic carbocycles. The van der Waals surface area contributed by atoms with Crippen molar-refractivity contribution in [3.63, 3.8) is 0 Å². The average molecular weight is 716 g/mol. The van der Waals surface area contributed by atoms with E-state index in [4.69, 9.17) is 25.1 Å². The number of unbranched alkanes of at least 4 members (excludes halogenated alkanes) is 3. The summed E-state index contributed by atoms with van der Waals surface area (Å²) in [4.78, 5) is 34.1. The van der Waals surface area contributed by atoms with Gasteiger partial charge in [0.25, 0.3) is 8.53 Å². The maximum atomic E-state index is 12.4. The number of ether oxygens (including phenoxy) is 2. The summed E-state index contributed by atoms with van der Waals surface area (Å²) >= 11 is 0. The topological polar surface area (TPSA) is 133 Å². The molecule has 5 atom stereocenters. The van der Waals surface area contributed by atoms with Crippen molar-refractivity contribution < 1.29 is 36.5 Å². The van der Waals surface area contributed by atoms with Gasteiger partial charge in [-0.05, 0) is 47.0 Å². The number of fused-ring (bicyclic) bond motifs is 1. The third-order valence-electron chi connectivity index (χ3n) is 7.50. The third-order valence-corrected chi connectivity index (χ3v) is 9.63. The Hall–Kier alpha value is -3.00. The molecule has 3 heterocycles. The summed E-state index contributed by atoms with van der Waals surface area (Å²) < 4.78 is 67.6. The lowest BCUT2D eigenvalue weighted by atomic mass is 10.1. The largest absolute Gasteiger partial charge is 0.471 e. The van der Waals surface area contributed by atoms with Crippen molar-refractivity contribution in [3.05, 3.63) is 24.1 Å². The van der Waals surface area contributed by atoms with Crippen LogP contribution in [0.2, 0.25) is 0 Å². The summed E-state index contributed by atoms with van der Waals surface area (Å²) in [7, 11) is 2.09. The minimum Gasteiger partial charge on any atom is -0.371 e. The van der Waals surface area contributed by atoms with E-state index in [-0.39, 0.29) is 37.9 Å². The Labute approximate surface area is 287 Å². The van der Waals surface area contributed by atoms with Crippen LogP contribution in [0.25, 0.3) is 16.0 Å². The Balaban J connectivity index is 1.86. The molecule has 18 heteroatoms. The predicted molar refractivity (Wildman–Crippen MR) is 180 cm³/mol. The van der Waals surface area contributed by atoms with Crippen LogP contribution in [-0.2, 0) is 23.3 Å². The highest BCUT2D eigenvalue weighted by Gasteiger charge is 2.49. The summed E-state index contributed by atoms with van der Waals surface area (Å²) in [6.07, 6.45) is 0.489. The fraction of sp³-hybridized carbons (Fsp3) is 0.742. The van der Waals surface area contributed by atoms with Crippen LogP contribution in [-0.4, -0.2) is 118 Å². The number of alkyl halides is 3. The smallest absolute Gasteiger partial charge is 0.371 e. The highest BCUT2D eigenvalue weighted by Crippen LogP contribution is 2.51. The number of aromatic nitrogens is 4. The lowest BCUT2D eigenvalue weighted by Gasteiger charge is -2.38. The van der Waals surface area contributed by atoms with Gasteiger partial charge in [-0.3, -0.25) is 9.36 Å². The van der Waals surface area contributed by atoms with E-state index in [1.54, 1.807) is 22.1 Å². The van der Waals surface area contributed by atoms with Crippen molar-refractivity contribution in [2.75, 3.05) is 40.4 Å². The van der Waals surface area contributed by atoms with E-state index in [1.807, 2.05) is 26.3 Å². The van der Waals surface area contributed by atoms with Crippen molar-refractivity contribution in [1.82, 2.24) is 34.4 Å². The van der Waals surface area contributed by atoms with E-state index in [0.29, 0.717) is 55.7 Å². The number of imidazole rings is 1. The number of halogens is 3. The lowest BCUT2D eigenvalue weighted by molar-refractivity contribution is -0.173. The summed E-state index contributed by atoms with van der Waals surface area (Å²) in [5, 5.41) is 1.90. The molecule has 1 aliphatic heterocycles. The number of nitrogens with one attached hydrogen (secondary N) is 1. The molecule has 0 bridgehead atoms. The molecule has 274 valence electrons. The van der Waals surface area contributed by atoms with Crippen LogP contribution in [0.15, 0.2) is 17.6 Å². The van der Waals surface area contributed by atoms with Crippen LogP contribution in [0.5, 0.6) is 0 Å². The zero-order valence-corrected chi connectivity index (χ0v) is 30.2. The van der Waals surface area contributed by atoms with E-state index in [1.165, 1.54) is 6.33 Å². The molecule has 2 aromatic rings. The molecule has 1 aliphatic rings. The van der Waals surface area contributed by atoms with Gasteiger partial charge in [0, 0.05) is 39.3 Å². The molecule has 2 aromatic heterocycles. The zero-order valence-electron chi connectivity index (χ0n) is 29.3. The van der Waals surface area contributed by atoms with Gasteiger partial charge in [0.05, 0.1) is 18.8 Å². The van der Waals surface area contributed by atoms with Crippen molar-refractivity contribution in [3.8, 4) is 0 Å². The van der Waals surface area contributed by atoms with Crippen LogP contribution >= 0.6 is 8.53 Å². The van der Waals surface area contributed by atoms with Crippen LogP contribution in [0, 0.1) is 6.57 Å². The lowest BCUT2D eigenvalue weighted by Crippen LogP contribution is -2.40. The quantitative estimate of drug-likeness (QED) is 0.0604. The summed E-state index contributed by atoms with van der Waals surface area (Å²) in [6.45, 7) is 18.2. The molecule has 1 amide bonds. The Morgan fingerprint density at radius 3 is 2.49 bits per heavy atom. The molecular formula is C31H49F3N9O5P. The minimum absolute atomic E-state index is 0.0543. The Bertz CT molecular complexity index is 1380. The van der Waals surface area contributed by atoms with E-state index < -0.39 is 39.0 Å². The van der Waals surface area contributed by atoms with Crippen LogP contribution in [0.3, 0.4) is 0 Å². The molecule has 3 rings (SSSR count). The standard InChI is InChI=1S/C31H49F3N9O5P/c1-9-23-25(48-49(46-17-15-35-6)43(21(2)3)22(4)5)26(45-16-13-11-10-12-14-36-30(44)31(32,33)34)29(47-23)42-20-39-24-27(40-19-41(7)8)37-18-38-28(24)42/h18-23,25-26,29H,9-17H2,1-5,7-8H3,(H,36,44)/t23-,25+,26?,29-,49?/m1/s1. The first-order valence-corrected chi connectivity index (χ1v) is 17.6. The summed E-state index contributed by atoms with van der Waals surface area (Å²) in [5.74, 6) is -1.53. The zero-order chi connectivity index (χ0) is 36.1. The van der Waals surface area contributed by atoms with Crippen LogP contribution in [0.1, 0.15) is 73.0 Å². The normalized spacial score (nSPS) is 20.6. The second-order valence-corrected chi connectivity index (χ2v) is 13.7. The first-order chi connectivity index (χ1) is 23.3. The average Bonchev–Trinajstić information content (AvgIpc) is 3.61. The van der Waals surface area contributed by atoms with Crippen molar-refractivity contribution >= 4 is 37.8 Å². The maximum absolute atomic E-state index is 12.4. The minimum atomic E-state index is -4.89. The Morgan fingerprint density at radius 1 is 1.14 bits per heavy atom. The number of hydrogen-bond acceptors (Lipinski definition) is 10. The van der Waals surface area contributed by atoms with E-state index in [2.05, 4.69) is 57.2 Å². The first kappa shape index (κ1) is 40.4. The first-order valence-electron chi connectivity index (χ1n) is 16.5. The Kier molecular flexibility index (Phi) is 16.0. The van der Waals surface area contributed by atoms with Crippen LogP contribution in [0.4, 0.5) is 19.0 Å². The van der Waals surface area contributed by atoms with E-state index >= 15 is 0 Å². The molecular weight excluding hydrogens is 666 g/mol. The molecule has 0 radical (unpaired) electrons. The number of carbonyl (C=O) groups excluding carboxylic acids is 1. The summed E-state index contributed by atoms with van der Waals surface area (Å²) in [6, 6.07) is 0.181. The van der Waals surface area contributed by atoms with Gasteiger partial charge in [-0.1, -0.05) is 19.8 Å². The van der Waals surface area contributed by atoms with Gasteiger partial charge >= 0.3 is 12.1 Å². The van der Waals surface area contributed by atoms with Crippen molar-refractivity contribution in [1.29, 1.82) is 0 Å². The molecule has 1 saturated heterocycles. The molecule has 0 spiro atoms. The summed E-state index contributed by atoms with van der Waals surface area (Å²) in [5.41, 5.74) is 1.01. The second-order valence-electron chi connectivity index (χ2n) is 12.3. The van der Waals surface area contributed by atoms with Gasteiger partial charge in [-0.25, -0.2) is 31.2 Å². The maximum Gasteiger partial charge on any atom is 0.471 e. The highest BCUT2D eigenvalue weighted by atomic mass is 31.2. The van der Waals surface area contributed by atoms with E-state index in [9.17, 15) is 18.0 Å². The molecule has 0 aromatic carbocycles. The highest BCUT2D eigenvalue weighted by molar-refractivity contribution is 7.44. The number of hydrogen-bond donors (Lipinski definition) is 1. The number of nitrogens with zero attached hydrogens (tertiary/aromatic N) is 8. The molecule has 14 nitrogen and oxygen atoms in total. The number of carbonyl (C=O) groups is 1. The Morgan fingerprint density at radius 2 is 1.86 bits per heavy atom. The van der Waals surface area contributed by atoms with Gasteiger partial charge < -0.3 is 33.6 Å². The second kappa shape index (κ2) is 19.4. The molecule has 1 fully saturated rings. The van der Waals surface area contributed by atoms with Gasteiger partial charge in [-0.2, -0.15) is 13.2 Å². The number of amides is 1. The SMILES string of the molecule is [C-]#[N+]CCOP(O[C@@H]1C(OCCCCCCNC(=O)C(F)(F)F)[C@H](n2cnc3c(N=CN(C)C)ncnc32)O[C@@H]1CC)N(C(C)C)C(C)C. The van der Waals surface area contributed by atoms with Crippen LogP contribution < -0.4 is 5.32 Å². The van der Waals surface area contributed by atoms with Crippen molar-refractivity contribution in [2.45, 2.75) is 110 Å². The third kappa shape index (κ3) is 11.5. The molecule has 1 N–H and O–H groups in total. The predicted octanol–water partition coefficient (Wildman–Crippen LogP) is 5.65. The molecule has 2 unspecified atom stereocenters. The molecule has 49 heavy (non-hydrogen) atoms. The fourth-order valence-corrected chi connectivity index (χ4v) is 7.11. The van der Waals surface area contributed by atoms with Gasteiger partial charge in [0.1, 0.15) is 25.1 Å². The van der Waals surface area contributed by atoms with Crippen molar-refractivity contribution in [2.24, 2.45) is 4.99 Å². The fourth-order valence-electron chi connectivity index (χ4n) is 5.35.